The number of aromatic hydroxyl groups is 1. The predicted octanol–water partition coefficient (Wildman–Crippen LogP) is 8.34. The molecule has 6 rings (SSSR count). The third kappa shape index (κ3) is 4.33. The lowest BCUT2D eigenvalue weighted by molar-refractivity contribution is 0.399. The molecule has 6 aromatic carbocycles. The Hall–Kier alpha value is -4.53. The molecule has 0 saturated heterocycles. The van der Waals surface area contributed by atoms with Crippen LogP contribution in [0.1, 0.15) is 0 Å². The van der Waals surface area contributed by atoms with Crippen LogP contribution in [0.2, 0.25) is 0 Å². The molecule has 0 aliphatic heterocycles. The number of phenolic OH excluding ortho intramolecular Hbond substituents is 1. The van der Waals surface area contributed by atoms with Gasteiger partial charge >= 0.3 is 7.60 Å². The van der Waals surface area contributed by atoms with Gasteiger partial charge in [0.05, 0.1) is 5.30 Å². The van der Waals surface area contributed by atoms with E-state index in [2.05, 4.69) is 0 Å². The van der Waals surface area contributed by atoms with Crippen molar-refractivity contribution < 1.29 is 18.7 Å². The summed E-state index contributed by atoms with van der Waals surface area (Å²) < 4.78 is 27.2. The van der Waals surface area contributed by atoms with Crippen molar-refractivity contribution in [2.75, 3.05) is 0 Å². The van der Waals surface area contributed by atoms with E-state index in [0.717, 1.165) is 32.7 Å². The topological polar surface area (TPSA) is 55.8 Å². The molecular weight excluding hydrogens is 479 g/mol. The fraction of sp³-hybridized carbons (Fsp3) is 0. The Morgan fingerprint density at radius 2 is 0.946 bits per heavy atom. The van der Waals surface area contributed by atoms with Crippen molar-refractivity contribution in [3.63, 3.8) is 0 Å². The van der Waals surface area contributed by atoms with E-state index < -0.39 is 7.60 Å². The van der Waals surface area contributed by atoms with Gasteiger partial charge in [-0.25, -0.2) is 4.57 Å². The van der Waals surface area contributed by atoms with Crippen LogP contribution in [0.3, 0.4) is 0 Å². The molecule has 0 radical (unpaired) electrons. The number of phenols is 1. The summed E-state index contributed by atoms with van der Waals surface area (Å²) >= 11 is 0. The van der Waals surface area contributed by atoms with E-state index in [4.69, 9.17) is 9.05 Å². The molecule has 6 aromatic rings. The van der Waals surface area contributed by atoms with Crippen LogP contribution in [0, 0.1) is 0 Å². The highest BCUT2D eigenvalue weighted by Crippen LogP contribution is 2.50. The molecule has 0 atom stereocenters. The van der Waals surface area contributed by atoms with Gasteiger partial charge in [-0.2, -0.15) is 0 Å². The zero-order chi connectivity index (χ0) is 25.2. The summed E-state index contributed by atoms with van der Waals surface area (Å²) in [4.78, 5) is 0. The molecule has 0 aliphatic rings. The summed E-state index contributed by atoms with van der Waals surface area (Å²) in [6.07, 6.45) is 0. The Labute approximate surface area is 214 Å². The van der Waals surface area contributed by atoms with Crippen molar-refractivity contribution in [2.24, 2.45) is 0 Å². The van der Waals surface area contributed by atoms with Gasteiger partial charge in [0.1, 0.15) is 17.2 Å². The molecule has 4 nitrogen and oxygen atoms in total. The summed E-state index contributed by atoms with van der Waals surface area (Å²) in [6.45, 7) is 0. The summed E-state index contributed by atoms with van der Waals surface area (Å²) in [5.41, 5.74) is 1.66. The molecule has 180 valence electrons. The van der Waals surface area contributed by atoms with Crippen LogP contribution in [0.25, 0.3) is 32.7 Å². The van der Waals surface area contributed by atoms with Crippen LogP contribution < -0.4 is 14.4 Å². The van der Waals surface area contributed by atoms with Crippen LogP contribution in [-0.4, -0.2) is 5.11 Å². The fourth-order valence-electron chi connectivity index (χ4n) is 4.68. The summed E-state index contributed by atoms with van der Waals surface area (Å²) in [7, 11) is -3.94. The van der Waals surface area contributed by atoms with Crippen molar-refractivity contribution in [3.8, 4) is 28.4 Å². The molecule has 1 N–H and O–H groups in total. The van der Waals surface area contributed by atoms with Crippen molar-refractivity contribution >= 4 is 34.4 Å². The molecule has 0 aliphatic carbocycles. The standard InChI is InChI=1S/C32H23O4P/c33-29-21-9-13-23-11-7-19-27(31(23)29)28-20-8-12-24-14-10-22-30(32(24)28)37(34,35-25-15-3-1-4-16-25)36-26-17-5-2-6-18-26/h1-22,33H. The molecular formula is C32H23O4P. The molecule has 0 bridgehead atoms. The van der Waals surface area contributed by atoms with E-state index in [1.807, 2.05) is 97.1 Å². The van der Waals surface area contributed by atoms with E-state index >= 15 is 0 Å². The largest absolute Gasteiger partial charge is 0.507 e. The van der Waals surface area contributed by atoms with Gasteiger partial charge in [-0.15, -0.1) is 0 Å². The molecule has 0 spiro atoms. The Morgan fingerprint density at radius 3 is 1.51 bits per heavy atom. The van der Waals surface area contributed by atoms with Gasteiger partial charge in [0.15, 0.2) is 0 Å². The first-order valence-electron chi connectivity index (χ1n) is 12.0. The molecule has 0 amide bonds. The zero-order valence-corrected chi connectivity index (χ0v) is 20.7. The molecule has 5 heteroatoms. The Kier molecular flexibility index (Phi) is 5.88. The zero-order valence-electron chi connectivity index (χ0n) is 19.8. The minimum absolute atomic E-state index is 0.187. The second-order valence-corrected chi connectivity index (χ2v) is 10.5. The molecule has 0 aromatic heterocycles. The lowest BCUT2D eigenvalue weighted by atomic mass is 9.93. The first-order valence-corrected chi connectivity index (χ1v) is 13.5. The fourth-order valence-corrected chi connectivity index (χ4v) is 6.50. The monoisotopic (exact) mass is 502 g/mol. The van der Waals surface area contributed by atoms with E-state index in [-0.39, 0.29) is 5.75 Å². The normalized spacial score (nSPS) is 11.5. The highest BCUT2D eigenvalue weighted by Gasteiger charge is 2.34. The van der Waals surface area contributed by atoms with E-state index in [0.29, 0.717) is 16.8 Å². The smallest absolute Gasteiger partial charge is 0.463 e. The SMILES string of the molecule is O=P(Oc1ccccc1)(Oc1ccccc1)c1cccc2cccc(-c3cccc4cccc(O)c34)c12. The maximum Gasteiger partial charge on any atom is 0.463 e. The Morgan fingerprint density at radius 1 is 0.486 bits per heavy atom. The Bertz CT molecular complexity index is 1710. The van der Waals surface area contributed by atoms with Gasteiger partial charge in [-0.05, 0) is 58.3 Å². The Balaban J connectivity index is 1.63. The lowest BCUT2D eigenvalue weighted by Gasteiger charge is -2.23. The van der Waals surface area contributed by atoms with E-state index in [1.165, 1.54) is 0 Å². The number of hydrogen-bond acceptors (Lipinski definition) is 4. The predicted molar refractivity (Wildman–Crippen MR) is 150 cm³/mol. The number of para-hydroxylation sites is 2. The van der Waals surface area contributed by atoms with Gasteiger partial charge in [0, 0.05) is 10.8 Å². The molecule has 0 heterocycles. The van der Waals surface area contributed by atoms with Crippen molar-refractivity contribution in [1.82, 2.24) is 0 Å². The maximum atomic E-state index is 14.8. The quantitative estimate of drug-likeness (QED) is 0.233. The summed E-state index contributed by atoms with van der Waals surface area (Å²) in [6, 6.07) is 41.0. The second kappa shape index (κ2) is 9.50. The first kappa shape index (κ1) is 22.9. The highest BCUT2D eigenvalue weighted by atomic mass is 31.2. The number of hydrogen-bond donors (Lipinski definition) is 1. The van der Waals surface area contributed by atoms with Crippen LogP contribution in [-0.2, 0) is 4.57 Å². The van der Waals surface area contributed by atoms with Crippen LogP contribution in [0.4, 0.5) is 0 Å². The maximum absolute atomic E-state index is 14.8. The summed E-state index contributed by atoms with van der Waals surface area (Å²) in [5, 5.41) is 14.5. The van der Waals surface area contributed by atoms with Gasteiger partial charge in [0.25, 0.3) is 0 Å². The average molecular weight is 503 g/mol. The third-order valence-electron chi connectivity index (χ3n) is 6.29. The minimum Gasteiger partial charge on any atom is -0.507 e. The molecule has 37 heavy (non-hydrogen) atoms. The van der Waals surface area contributed by atoms with Crippen LogP contribution >= 0.6 is 7.60 Å². The van der Waals surface area contributed by atoms with Gasteiger partial charge in [0.2, 0.25) is 0 Å². The first-order chi connectivity index (χ1) is 18.1. The van der Waals surface area contributed by atoms with Gasteiger partial charge in [-0.3, -0.25) is 0 Å². The number of rotatable bonds is 6. The second-order valence-electron chi connectivity index (χ2n) is 8.67. The molecule has 0 saturated carbocycles. The van der Waals surface area contributed by atoms with E-state index in [1.54, 1.807) is 36.4 Å². The van der Waals surface area contributed by atoms with E-state index in [9.17, 15) is 9.67 Å². The summed E-state index contributed by atoms with van der Waals surface area (Å²) in [5.74, 6) is 1.07. The molecule has 0 unspecified atom stereocenters. The van der Waals surface area contributed by atoms with Crippen molar-refractivity contribution in [2.45, 2.75) is 0 Å². The minimum atomic E-state index is -3.94. The van der Waals surface area contributed by atoms with Gasteiger partial charge in [-0.1, -0.05) is 97.1 Å². The number of benzene rings is 6. The van der Waals surface area contributed by atoms with Crippen LogP contribution in [0.15, 0.2) is 133 Å². The average Bonchev–Trinajstić information content (AvgIpc) is 2.93. The van der Waals surface area contributed by atoms with Crippen molar-refractivity contribution in [3.05, 3.63) is 133 Å². The van der Waals surface area contributed by atoms with Crippen molar-refractivity contribution in [1.29, 1.82) is 0 Å². The number of fused-ring (bicyclic) bond motifs is 2. The lowest BCUT2D eigenvalue weighted by Crippen LogP contribution is -2.16. The third-order valence-corrected chi connectivity index (χ3v) is 8.15. The van der Waals surface area contributed by atoms with Crippen LogP contribution in [0.5, 0.6) is 17.2 Å². The van der Waals surface area contributed by atoms with Gasteiger partial charge < -0.3 is 14.2 Å². The highest BCUT2D eigenvalue weighted by molar-refractivity contribution is 7.63. The molecule has 0 fully saturated rings.